The van der Waals surface area contributed by atoms with Crippen molar-refractivity contribution in [1.82, 2.24) is 0 Å². The average Bonchev–Trinajstić information content (AvgIpc) is 3.39. The Kier molecular flexibility index (Phi) is 6.18. The van der Waals surface area contributed by atoms with Gasteiger partial charge in [-0.2, -0.15) is 0 Å². The molecule has 0 aromatic heterocycles. The molecule has 2 fully saturated rings. The molecular formula is C23H25N3O4S. The fourth-order valence-corrected chi connectivity index (χ4v) is 4.43. The number of nitrogens with one attached hydrogen (secondary N) is 1. The highest BCUT2D eigenvalue weighted by Gasteiger charge is 2.35. The molecule has 1 unspecified atom stereocenters. The van der Waals surface area contributed by atoms with Crippen LogP contribution in [0.15, 0.2) is 47.4 Å². The number of ether oxygens (including phenoxy) is 1. The van der Waals surface area contributed by atoms with Gasteiger partial charge >= 0.3 is 0 Å². The maximum absolute atomic E-state index is 12.8. The number of anilines is 3. The van der Waals surface area contributed by atoms with Gasteiger partial charge in [0.25, 0.3) is 0 Å². The van der Waals surface area contributed by atoms with E-state index in [-0.39, 0.29) is 24.1 Å². The summed E-state index contributed by atoms with van der Waals surface area (Å²) in [5.74, 6) is -0.0870. The van der Waals surface area contributed by atoms with Crippen LogP contribution >= 0.6 is 11.8 Å². The molecule has 0 spiro atoms. The Morgan fingerprint density at radius 2 is 1.87 bits per heavy atom. The summed E-state index contributed by atoms with van der Waals surface area (Å²) in [6.45, 7) is 1.01. The molecule has 7 nitrogen and oxygen atoms in total. The van der Waals surface area contributed by atoms with Crippen molar-refractivity contribution in [3.05, 3.63) is 42.5 Å². The molecule has 0 aliphatic carbocycles. The number of hydrogen-bond acceptors (Lipinski definition) is 5. The standard InChI is InChI=1S/C23H25N3O4S/c1-30-20-13-16(5-10-19(20)25-11-3-4-21(25)27)24-23(29)15-12-22(28)26(14-15)17-6-8-18(31-2)9-7-17/h5-10,13,15H,3-4,11-12,14H2,1-2H3,(H,24,29). The lowest BCUT2D eigenvalue weighted by Crippen LogP contribution is -2.28. The quantitative estimate of drug-likeness (QED) is 0.697. The minimum Gasteiger partial charge on any atom is -0.494 e. The molecule has 3 amide bonds. The maximum Gasteiger partial charge on any atom is 0.229 e. The van der Waals surface area contributed by atoms with E-state index in [2.05, 4.69) is 5.32 Å². The monoisotopic (exact) mass is 439 g/mol. The molecule has 0 radical (unpaired) electrons. The van der Waals surface area contributed by atoms with Crippen molar-refractivity contribution in [3.63, 3.8) is 0 Å². The second-order valence-electron chi connectivity index (χ2n) is 7.63. The molecule has 0 bridgehead atoms. The molecule has 2 aliphatic heterocycles. The van der Waals surface area contributed by atoms with Gasteiger partial charge in [0, 0.05) is 48.3 Å². The molecule has 8 heteroatoms. The molecule has 1 N–H and O–H groups in total. The van der Waals surface area contributed by atoms with Gasteiger partial charge in [0.05, 0.1) is 18.7 Å². The van der Waals surface area contributed by atoms with Crippen LogP contribution in [0.2, 0.25) is 0 Å². The van der Waals surface area contributed by atoms with E-state index in [1.54, 1.807) is 46.9 Å². The smallest absolute Gasteiger partial charge is 0.229 e. The molecule has 4 rings (SSSR count). The number of carbonyl (C=O) groups is 3. The van der Waals surface area contributed by atoms with Gasteiger partial charge in [-0.1, -0.05) is 0 Å². The van der Waals surface area contributed by atoms with E-state index in [9.17, 15) is 14.4 Å². The minimum atomic E-state index is -0.432. The first kappa shape index (κ1) is 21.2. The molecule has 2 aliphatic rings. The third-order valence-electron chi connectivity index (χ3n) is 5.69. The third-order valence-corrected chi connectivity index (χ3v) is 6.43. The highest BCUT2D eigenvalue weighted by Crippen LogP contribution is 2.34. The fraction of sp³-hybridized carbons (Fsp3) is 0.348. The van der Waals surface area contributed by atoms with E-state index in [1.165, 1.54) is 0 Å². The van der Waals surface area contributed by atoms with Crippen LogP contribution in [-0.2, 0) is 14.4 Å². The van der Waals surface area contributed by atoms with Gasteiger partial charge in [0.1, 0.15) is 5.75 Å². The topological polar surface area (TPSA) is 79.0 Å². The minimum absolute atomic E-state index is 0.0578. The summed E-state index contributed by atoms with van der Waals surface area (Å²) in [4.78, 5) is 41.9. The van der Waals surface area contributed by atoms with Gasteiger partial charge in [0.2, 0.25) is 17.7 Å². The van der Waals surface area contributed by atoms with E-state index in [1.807, 2.05) is 30.5 Å². The Hall–Kier alpha value is -3.00. The Labute approximate surface area is 185 Å². The second kappa shape index (κ2) is 9.01. The first-order valence-corrected chi connectivity index (χ1v) is 11.5. The lowest BCUT2D eigenvalue weighted by molar-refractivity contribution is -0.122. The van der Waals surface area contributed by atoms with Crippen molar-refractivity contribution < 1.29 is 19.1 Å². The largest absolute Gasteiger partial charge is 0.494 e. The lowest BCUT2D eigenvalue weighted by atomic mass is 10.1. The Morgan fingerprint density at radius 1 is 1.10 bits per heavy atom. The van der Waals surface area contributed by atoms with E-state index < -0.39 is 5.92 Å². The highest BCUT2D eigenvalue weighted by molar-refractivity contribution is 7.98. The van der Waals surface area contributed by atoms with Crippen LogP contribution in [-0.4, -0.2) is 44.2 Å². The number of benzene rings is 2. The van der Waals surface area contributed by atoms with Crippen LogP contribution in [0.4, 0.5) is 17.1 Å². The van der Waals surface area contributed by atoms with Gasteiger partial charge in [-0.15, -0.1) is 11.8 Å². The zero-order chi connectivity index (χ0) is 22.0. The SMILES string of the molecule is COc1cc(NC(=O)C2CC(=O)N(c3ccc(SC)cc3)C2)ccc1N1CCCC1=O. The molecule has 162 valence electrons. The number of thioether (sulfide) groups is 1. The molecule has 2 heterocycles. The van der Waals surface area contributed by atoms with Crippen LogP contribution in [0.3, 0.4) is 0 Å². The molecule has 31 heavy (non-hydrogen) atoms. The Bertz CT molecular complexity index is 1010. The van der Waals surface area contributed by atoms with E-state index in [0.717, 1.165) is 17.0 Å². The molecule has 2 saturated heterocycles. The van der Waals surface area contributed by atoms with Crippen molar-refractivity contribution in [2.75, 3.05) is 41.6 Å². The summed E-state index contributed by atoms with van der Waals surface area (Å²) in [7, 11) is 1.54. The first-order valence-electron chi connectivity index (χ1n) is 10.2. The summed E-state index contributed by atoms with van der Waals surface area (Å²) in [6, 6.07) is 13.0. The van der Waals surface area contributed by atoms with Crippen LogP contribution < -0.4 is 19.9 Å². The van der Waals surface area contributed by atoms with Crippen LogP contribution in [0.5, 0.6) is 5.75 Å². The van der Waals surface area contributed by atoms with Gasteiger partial charge < -0.3 is 19.9 Å². The summed E-state index contributed by atoms with van der Waals surface area (Å²) in [6.07, 6.45) is 3.54. The summed E-state index contributed by atoms with van der Waals surface area (Å²) in [5.41, 5.74) is 2.09. The fourth-order valence-electron chi connectivity index (χ4n) is 4.02. The predicted molar refractivity (Wildman–Crippen MR) is 122 cm³/mol. The van der Waals surface area contributed by atoms with Crippen LogP contribution in [0, 0.1) is 5.92 Å². The number of hydrogen-bond donors (Lipinski definition) is 1. The average molecular weight is 440 g/mol. The molecule has 2 aromatic rings. The number of rotatable bonds is 6. The Morgan fingerprint density at radius 3 is 2.52 bits per heavy atom. The molecule has 1 atom stereocenters. The van der Waals surface area contributed by atoms with Crippen molar-refractivity contribution in [3.8, 4) is 5.75 Å². The summed E-state index contributed by atoms with van der Waals surface area (Å²) in [5, 5.41) is 2.89. The second-order valence-corrected chi connectivity index (χ2v) is 8.51. The molecular weight excluding hydrogens is 414 g/mol. The van der Waals surface area contributed by atoms with Crippen molar-refractivity contribution in [1.29, 1.82) is 0 Å². The van der Waals surface area contributed by atoms with Crippen molar-refractivity contribution in [2.24, 2.45) is 5.92 Å². The number of amides is 3. The van der Waals surface area contributed by atoms with Gasteiger partial charge in [0.15, 0.2) is 0 Å². The zero-order valence-electron chi connectivity index (χ0n) is 17.6. The third kappa shape index (κ3) is 4.39. The normalized spacial score (nSPS) is 18.6. The van der Waals surface area contributed by atoms with Crippen LogP contribution in [0.1, 0.15) is 19.3 Å². The number of nitrogens with zero attached hydrogens (tertiary/aromatic N) is 2. The van der Waals surface area contributed by atoms with Crippen LogP contribution in [0.25, 0.3) is 0 Å². The highest BCUT2D eigenvalue weighted by atomic mass is 32.2. The first-order chi connectivity index (χ1) is 15.0. The molecule has 2 aromatic carbocycles. The van der Waals surface area contributed by atoms with E-state index in [4.69, 9.17) is 4.74 Å². The zero-order valence-corrected chi connectivity index (χ0v) is 18.4. The predicted octanol–water partition coefficient (Wildman–Crippen LogP) is 3.54. The Balaban J connectivity index is 1.44. The van der Waals surface area contributed by atoms with Gasteiger partial charge in [-0.05, 0) is 49.1 Å². The van der Waals surface area contributed by atoms with E-state index in [0.29, 0.717) is 36.6 Å². The number of methoxy groups -OCH3 is 1. The van der Waals surface area contributed by atoms with Crippen molar-refractivity contribution >= 4 is 46.5 Å². The van der Waals surface area contributed by atoms with Gasteiger partial charge in [-0.25, -0.2) is 0 Å². The maximum atomic E-state index is 12.8. The summed E-state index contributed by atoms with van der Waals surface area (Å²) < 4.78 is 5.46. The van der Waals surface area contributed by atoms with Gasteiger partial charge in [-0.3, -0.25) is 14.4 Å². The number of carbonyl (C=O) groups excluding carboxylic acids is 3. The van der Waals surface area contributed by atoms with E-state index >= 15 is 0 Å². The molecule has 0 saturated carbocycles. The lowest BCUT2D eigenvalue weighted by Gasteiger charge is -2.20. The summed E-state index contributed by atoms with van der Waals surface area (Å²) >= 11 is 1.64. The van der Waals surface area contributed by atoms with Crippen molar-refractivity contribution in [2.45, 2.75) is 24.2 Å².